The molecular formula is C15H23N3O2S. The van der Waals surface area contributed by atoms with Gasteiger partial charge in [-0.2, -0.15) is 0 Å². The number of anilines is 2. The van der Waals surface area contributed by atoms with Gasteiger partial charge in [0.05, 0.1) is 17.7 Å². The number of carbonyl (C=O) groups is 1. The Bertz CT molecular complexity index is 553. The van der Waals surface area contributed by atoms with Crippen molar-refractivity contribution in [3.8, 4) is 5.75 Å². The van der Waals surface area contributed by atoms with Crippen LogP contribution in [-0.4, -0.2) is 50.5 Å². The number of ketones is 1. The van der Waals surface area contributed by atoms with E-state index in [4.69, 9.17) is 10.5 Å². The predicted molar refractivity (Wildman–Crippen MR) is 86.6 cm³/mol. The number of likely N-dealkylation sites (N-methyl/N-ethyl adjacent to an activating group) is 1. The monoisotopic (exact) mass is 309 g/mol. The summed E-state index contributed by atoms with van der Waals surface area (Å²) in [6, 6.07) is 0.388. The van der Waals surface area contributed by atoms with Gasteiger partial charge >= 0.3 is 0 Å². The Labute approximate surface area is 129 Å². The van der Waals surface area contributed by atoms with E-state index in [0.717, 1.165) is 37.5 Å². The van der Waals surface area contributed by atoms with Gasteiger partial charge in [0.1, 0.15) is 5.00 Å². The first-order chi connectivity index (χ1) is 10.0. The number of nitrogen functional groups attached to an aromatic ring is 1. The molecule has 0 amide bonds. The molecule has 116 valence electrons. The number of hydrogen-bond acceptors (Lipinski definition) is 6. The first kappa shape index (κ1) is 14.7. The van der Waals surface area contributed by atoms with E-state index >= 15 is 0 Å². The van der Waals surface area contributed by atoms with Crippen molar-refractivity contribution >= 4 is 27.8 Å². The molecule has 5 nitrogen and oxygen atoms in total. The average molecular weight is 309 g/mol. The van der Waals surface area contributed by atoms with E-state index in [1.807, 2.05) is 0 Å². The highest BCUT2D eigenvalue weighted by atomic mass is 32.1. The highest BCUT2D eigenvalue weighted by Crippen LogP contribution is 2.48. The Morgan fingerprint density at radius 1 is 1.38 bits per heavy atom. The van der Waals surface area contributed by atoms with Crippen LogP contribution in [0.4, 0.5) is 10.7 Å². The van der Waals surface area contributed by atoms with Crippen molar-refractivity contribution in [3.63, 3.8) is 0 Å². The third-order valence-electron chi connectivity index (χ3n) is 4.35. The Hall–Kier alpha value is -1.27. The minimum absolute atomic E-state index is 0.188. The van der Waals surface area contributed by atoms with Crippen LogP contribution in [0.2, 0.25) is 0 Å². The molecule has 2 fully saturated rings. The molecule has 1 aromatic rings. The molecule has 2 aliphatic rings. The number of ether oxygens (including phenoxy) is 1. The van der Waals surface area contributed by atoms with Crippen molar-refractivity contribution in [1.82, 2.24) is 4.90 Å². The van der Waals surface area contributed by atoms with Crippen molar-refractivity contribution < 1.29 is 9.53 Å². The van der Waals surface area contributed by atoms with Gasteiger partial charge in [0, 0.05) is 31.6 Å². The summed E-state index contributed by atoms with van der Waals surface area (Å²) in [6.45, 7) is 5.16. The fourth-order valence-corrected chi connectivity index (χ4v) is 4.30. The summed E-state index contributed by atoms with van der Waals surface area (Å²) in [7, 11) is 3.77. The zero-order valence-corrected chi connectivity index (χ0v) is 13.7. The van der Waals surface area contributed by atoms with Gasteiger partial charge in [-0.1, -0.05) is 0 Å². The van der Waals surface area contributed by atoms with Crippen LogP contribution >= 0.6 is 11.3 Å². The number of rotatable bonds is 4. The van der Waals surface area contributed by atoms with Gasteiger partial charge in [-0.05, 0) is 26.8 Å². The van der Waals surface area contributed by atoms with Crippen LogP contribution in [0.1, 0.15) is 29.4 Å². The lowest BCUT2D eigenvalue weighted by molar-refractivity contribution is 0.0972. The lowest BCUT2D eigenvalue weighted by atomic mass is 10.2. The van der Waals surface area contributed by atoms with E-state index in [1.165, 1.54) is 11.3 Å². The number of nitrogens with zero attached hydrogens (tertiary/aromatic N) is 2. The molecule has 2 N–H and O–H groups in total. The molecule has 0 aromatic carbocycles. The summed E-state index contributed by atoms with van der Waals surface area (Å²) in [5.41, 5.74) is 6.72. The van der Waals surface area contributed by atoms with Gasteiger partial charge in [0.25, 0.3) is 0 Å². The van der Waals surface area contributed by atoms with Crippen LogP contribution in [0.5, 0.6) is 5.75 Å². The molecule has 0 bridgehead atoms. The molecule has 1 aliphatic heterocycles. The third-order valence-corrected chi connectivity index (χ3v) is 5.59. The number of nitrogens with two attached hydrogens (primary N) is 1. The first-order valence-corrected chi connectivity index (χ1v) is 8.30. The smallest absolute Gasteiger partial charge is 0.178 e. The van der Waals surface area contributed by atoms with Crippen molar-refractivity contribution in [2.24, 2.45) is 5.92 Å². The minimum Gasteiger partial charge on any atom is -0.492 e. The maximum absolute atomic E-state index is 12.4. The Balaban J connectivity index is 1.94. The van der Waals surface area contributed by atoms with Crippen molar-refractivity contribution in [2.75, 3.05) is 44.4 Å². The number of Topliss-reactive ketones (excluding diaryl/α,β-unsaturated/α-hetero) is 1. The second-order valence-corrected chi connectivity index (χ2v) is 7.13. The lowest BCUT2D eigenvalue weighted by Gasteiger charge is -2.39. The van der Waals surface area contributed by atoms with Crippen LogP contribution in [0.25, 0.3) is 0 Å². The normalized spacial score (nSPS) is 23.4. The van der Waals surface area contributed by atoms with Crippen molar-refractivity contribution in [1.29, 1.82) is 0 Å². The molecule has 0 radical (unpaired) electrons. The van der Waals surface area contributed by atoms with E-state index in [1.54, 1.807) is 7.11 Å². The summed E-state index contributed by atoms with van der Waals surface area (Å²) < 4.78 is 5.51. The summed E-state index contributed by atoms with van der Waals surface area (Å²) >= 11 is 1.51. The lowest BCUT2D eigenvalue weighted by Crippen LogP contribution is -2.50. The van der Waals surface area contributed by atoms with Crippen molar-refractivity contribution in [3.05, 3.63) is 4.88 Å². The van der Waals surface area contributed by atoms with E-state index in [2.05, 4.69) is 23.8 Å². The molecule has 21 heavy (non-hydrogen) atoms. The number of hydrogen-bond donors (Lipinski definition) is 1. The molecule has 1 aliphatic carbocycles. The molecular weight excluding hydrogens is 286 g/mol. The maximum atomic E-state index is 12.4. The van der Waals surface area contributed by atoms with Gasteiger partial charge in [-0.25, -0.2) is 0 Å². The molecule has 1 saturated carbocycles. The van der Waals surface area contributed by atoms with Gasteiger partial charge < -0.3 is 20.3 Å². The molecule has 1 atom stereocenters. The van der Waals surface area contributed by atoms with Gasteiger partial charge in [0.15, 0.2) is 11.5 Å². The van der Waals surface area contributed by atoms with E-state index in [0.29, 0.717) is 22.4 Å². The van der Waals surface area contributed by atoms with E-state index < -0.39 is 0 Å². The SMILES string of the molecule is COc1c(N2CCN(C)CC2C)sc(C(=O)C2CC2)c1N. The van der Waals surface area contributed by atoms with Crippen LogP contribution in [-0.2, 0) is 0 Å². The van der Waals surface area contributed by atoms with Crippen LogP contribution in [0, 0.1) is 5.92 Å². The molecule has 6 heteroatoms. The zero-order valence-electron chi connectivity index (χ0n) is 12.9. The van der Waals surface area contributed by atoms with Gasteiger partial charge in [-0.3, -0.25) is 4.79 Å². The Kier molecular flexibility index (Phi) is 3.84. The minimum atomic E-state index is 0.188. The Morgan fingerprint density at radius 3 is 2.67 bits per heavy atom. The fraction of sp³-hybridized carbons (Fsp3) is 0.667. The first-order valence-electron chi connectivity index (χ1n) is 7.48. The van der Waals surface area contributed by atoms with Gasteiger partial charge in [0.2, 0.25) is 0 Å². The van der Waals surface area contributed by atoms with Crippen LogP contribution < -0.4 is 15.4 Å². The summed E-state index contributed by atoms with van der Waals surface area (Å²) in [5, 5.41) is 1.01. The molecule has 1 aromatic heterocycles. The second-order valence-electron chi connectivity index (χ2n) is 6.13. The highest BCUT2D eigenvalue weighted by molar-refractivity contribution is 7.19. The second kappa shape index (κ2) is 5.50. The summed E-state index contributed by atoms with van der Waals surface area (Å²) in [6.07, 6.45) is 2.00. The van der Waals surface area contributed by atoms with Gasteiger partial charge in [-0.15, -0.1) is 11.3 Å². The topological polar surface area (TPSA) is 58.8 Å². The molecule has 2 heterocycles. The number of carbonyl (C=O) groups excluding carboxylic acids is 1. The number of methoxy groups -OCH3 is 1. The third kappa shape index (κ3) is 2.62. The largest absolute Gasteiger partial charge is 0.492 e. The summed E-state index contributed by atoms with van der Waals surface area (Å²) in [5.74, 6) is 1.07. The fourth-order valence-electron chi connectivity index (χ4n) is 2.96. The highest BCUT2D eigenvalue weighted by Gasteiger charge is 2.36. The van der Waals surface area contributed by atoms with Crippen molar-refractivity contribution in [2.45, 2.75) is 25.8 Å². The quantitative estimate of drug-likeness (QED) is 0.863. The number of thiophene rings is 1. The van der Waals surface area contributed by atoms with E-state index in [9.17, 15) is 4.79 Å². The molecule has 1 saturated heterocycles. The predicted octanol–water partition coefficient (Wildman–Crippen LogP) is 2.07. The maximum Gasteiger partial charge on any atom is 0.178 e. The summed E-state index contributed by atoms with van der Waals surface area (Å²) in [4.78, 5) is 17.7. The molecule has 0 spiro atoms. The average Bonchev–Trinajstić information content (AvgIpc) is 3.23. The molecule has 1 unspecified atom stereocenters. The van der Waals surface area contributed by atoms with Crippen LogP contribution in [0.15, 0.2) is 0 Å². The Morgan fingerprint density at radius 2 is 2.10 bits per heavy atom. The number of piperazine rings is 1. The van der Waals surface area contributed by atoms with E-state index in [-0.39, 0.29) is 11.7 Å². The van der Waals surface area contributed by atoms with Crippen LogP contribution in [0.3, 0.4) is 0 Å². The zero-order chi connectivity index (χ0) is 15.1. The standard InChI is InChI=1S/C15H23N3O2S/c1-9-8-17(2)6-7-18(9)15-13(20-3)11(16)14(21-15)12(19)10-4-5-10/h9-10H,4-8,16H2,1-3H3. The molecule has 3 rings (SSSR count).